The van der Waals surface area contributed by atoms with Crippen LogP contribution < -0.4 is 14.5 Å². The summed E-state index contributed by atoms with van der Waals surface area (Å²) in [6, 6.07) is 60.1. The van der Waals surface area contributed by atoms with Crippen molar-refractivity contribution in [2.75, 3.05) is 9.80 Å². The zero-order valence-electron chi connectivity index (χ0n) is 47.7. The number of benzene rings is 8. The maximum absolute atomic E-state index is 6.88. The number of hydrogen-bond acceptors (Lipinski definition) is 5. The Kier molecular flexibility index (Phi) is 14.0. The van der Waals surface area contributed by atoms with Crippen LogP contribution in [0.1, 0.15) is 139 Å². The maximum atomic E-state index is 6.88. The summed E-state index contributed by atoms with van der Waals surface area (Å²) in [5.41, 5.74) is 22.0. The Morgan fingerprint density at radius 3 is 1.72 bits per heavy atom. The van der Waals surface area contributed by atoms with E-state index in [1.165, 1.54) is 66.9 Å². The van der Waals surface area contributed by atoms with Gasteiger partial charge in [0.15, 0.2) is 0 Å². The molecule has 3 aromatic heterocycles. The van der Waals surface area contributed by atoms with Crippen molar-refractivity contribution in [3.05, 3.63) is 210 Å². The number of ether oxygens (including phenoxy) is 1. The van der Waals surface area contributed by atoms with Crippen molar-refractivity contribution >= 4 is 66.5 Å². The van der Waals surface area contributed by atoms with E-state index >= 15 is 0 Å². The van der Waals surface area contributed by atoms with E-state index < -0.39 is 0 Å². The van der Waals surface area contributed by atoms with Gasteiger partial charge >= 0.3 is 0 Å². The van der Waals surface area contributed by atoms with Gasteiger partial charge in [-0.15, -0.1) is 42.7 Å². The molecule has 4 heterocycles. The zero-order valence-corrected chi connectivity index (χ0v) is 50.0. The first-order chi connectivity index (χ1) is 37.4. The van der Waals surface area contributed by atoms with Crippen molar-refractivity contribution in [1.29, 1.82) is 0 Å². The third-order valence-electron chi connectivity index (χ3n) is 15.9. The van der Waals surface area contributed by atoms with Crippen molar-refractivity contribution < 1.29 is 30.2 Å². The molecule has 11 aromatic rings. The Morgan fingerprint density at radius 2 is 1.11 bits per heavy atom. The van der Waals surface area contributed by atoms with Crippen LogP contribution in [-0.4, -0.2) is 9.55 Å². The normalized spacial score (nSPS) is 12.9. The van der Waals surface area contributed by atoms with E-state index in [1.54, 1.807) is 0 Å². The third-order valence-corrected chi connectivity index (χ3v) is 15.9. The molecule has 0 saturated heterocycles. The molecule has 0 bridgehead atoms. The van der Waals surface area contributed by atoms with Crippen molar-refractivity contribution in [3.63, 3.8) is 0 Å². The summed E-state index contributed by atoms with van der Waals surface area (Å²) in [6.45, 7) is 32.1. The Labute approximate surface area is 481 Å². The Morgan fingerprint density at radius 1 is 0.557 bits per heavy atom. The zero-order chi connectivity index (χ0) is 54.5. The Hall–Kier alpha value is -7.40. The first-order valence-corrected chi connectivity index (χ1v) is 27.9. The van der Waals surface area contributed by atoms with Crippen LogP contribution in [0.2, 0.25) is 0 Å². The summed E-state index contributed by atoms with van der Waals surface area (Å²) in [4.78, 5) is 9.70. The van der Waals surface area contributed by atoms with Gasteiger partial charge in [-0.1, -0.05) is 171 Å². The van der Waals surface area contributed by atoms with Gasteiger partial charge in [0.2, 0.25) is 0 Å². The molecule has 1 aliphatic heterocycles. The summed E-state index contributed by atoms with van der Waals surface area (Å²) in [5.74, 6) is 3.18. The standard InChI is InChI=1S/C72H69N4O2.Pt/c1-42(2)57-34-46(9)35-58(43(3)4)67(57)55-23-19-24-56(68-59(44(5)6)36-47(10)37-60(68)45(7)8)70(55)75-41-74(61-25-15-16-26-62(61)75)49-20-18-21-50(39-49)77-51-28-29-54-64(40-51)76(66-38-48(32-33-73-66)72(11,12)13)63-31-30-53-52-22-14-17-27-65(52)78-71(53)69(54)63;/h14-38,41-45H,1-13H3;/q-3;. The van der Waals surface area contributed by atoms with Crippen molar-refractivity contribution in [2.24, 2.45) is 0 Å². The molecular formula is C72H69N4O2Pt-3. The molecule has 0 unspecified atom stereocenters. The van der Waals surface area contributed by atoms with E-state index in [-0.39, 0.29) is 26.5 Å². The van der Waals surface area contributed by atoms with Gasteiger partial charge in [0.25, 0.3) is 0 Å². The van der Waals surface area contributed by atoms with Gasteiger partial charge < -0.3 is 23.5 Å². The number of rotatable bonds is 11. The molecule has 7 heteroatoms. The number of fused-ring (bicyclic) bond motifs is 8. The largest absolute Gasteiger partial charge is 0.509 e. The van der Waals surface area contributed by atoms with Gasteiger partial charge in [-0.2, -0.15) is 12.1 Å². The van der Waals surface area contributed by atoms with Crippen LogP contribution in [-0.2, 0) is 26.5 Å². The number of para-hydroxylation sites is 4. The number of nitrogens with zero attached hydrogens (tertiary/aromatic N) is 4. The topological polar surface area (TPSA) is 46.7 Å². The minimum Gasteiger partial charge on any atom is -0.509 e. The van der Waals surface area contributed by atoms with Crippen molar-refractivity contribution in [2.45, 2.75) is 119 Å². The van der Waals surface area contributed by atoms with Crippen LogP contribution in [0.3, 0.4) is 0 Å². The first-order valence-electron chi connectivity index (χ1n) is 27.9. The third kappa shape index (κ3) is 9.34. The Bertz CT molecular complexity index is 4000. The molecule has 0 aliphatic carbocycles. The fourth-order valence-corrected chi connectivity index (χ4v) is 12.1. The molecule has 0 radical (unpaired) electrons. The SMILES string of the molecule is Cc1cc(C(C)C)c(-c2cccc(-c3c(C(C)C)cc(C)cc3C(C)C)c2N2[CH-]N(c3[c-]c(Oc4[c-]c5c(cc4)c4c6oc7ccccc7c6ccc4n5-c4cc(C(C)(C)C)ccn4)ccc3)c3ccccc32)c(C(C)C)c1.[Pt]. The number of anilines is 4. The molecule has 1 aliphatic rings. The summed E-state index contributed by atoms with van der Waals surface area (Å²) < 4.78 is 15.8. The van der Waals surface area contributed by atoms with Gasteiger partial charge in [-0.3, -0.25) is 0 Å². The maximum Gasteiger partial charge on any atom is 0.135 e. The Balaban J connectivity index is 0.00000660. The van der Waals surface area contributed by atoms with E-state index in [0.29, 0.717) is 35.2 Å². The minimum atomic E-state index is -0.0807. The van der Waals surface area contributed by atoms with Crippen molar-refractivity contribution in [3.8, 4) is 39.6 Å². The van der Waals surface area contributed by atoms with Crippen LogP contribution in [0.5, 0.6) is 11.5 Å². The van der Waals surface area contributed by atoms with Crippen molar-refractivity contribution in [1.82, 2.24) is 9.55 Å². The molecule has 0 saturated carbocycles. The van der Waals surface area contributed by atoms with E-state index in [4.69, 9.17) is 14.1 Å². The van der Waals surface area contributed by atoms with Gasteiger partial charge in [0.05, 0.1) is 0 Å². The van der Waals surface area contributed by atoms with E-state index in [2.05, 4.69) is 245 Å². The van der Waals surface area contributed by atoms with Crippen LogP contribution in [0.25, 0.3) is 71.8 Å². The number of furan rings is 1. The van der Waals surface area contributed by atoms with Crippen LogP contribution in [0.15, 0.2) is 156 Å². The average Bonchev–Trinajstić information content (AvgIpc) is 3.97. The molecule has 8 aromatic carbocycles. The smallest absolute Gasteiger partial charge is 0.135 e. The molecule has 0 amide bonds. The van der Waals surface area contributed by atoms with Crippen LogP contribution in [0, 0.1) is 32.6 Å². The fraction of sp³-hybridized carbons (Fsp3) is 0.250. The second kappa shape index (κ2) is 20.7. The summed E-state index contributed by atoms with van der Waals surface area (Å²) in [5, 5.41) is 4.18. The predicted octanol–water partition coefficient (Wildman–Crippen LogP) is 20.6. The minimum absolute atomic E-state index is 0. The van der Waals surface area contributed by atoms with E-state index in [1.807, 2.05) is 30.5 Å². The number of aryl methyl sites for hydroxylation is 2. The van der Waals surface area contributed by atoms with Crippen LogP contribution in [0.4, 0.5) is 22.7 Å². The quantitative estimate of drug-likeness (QED) is 0.121. The molecule has 0 N–H and O–H groups in total. The molecular weight excluding hydrogens is 1150 g/mol. The molecule has 402 valence electrons. The summed E-state index contributed by atoms with van der Waals surface area (Å²) in [6.07, 6.45) is 1.91. The van der Waals surface area contributed by atoms with Gasteiger partial charge in [0.1, 0.15) is 17.0 Å². The van der Waals surface area contributed by atoms with Gasteiger partial charge in [-0.05, 0) is 130 Å². The summed E-state index contributed by atoms with van der Waals surface area (Å²) >= 11 is 0. The van der Waals surface area contributed by atoms with Gasteiger partial charge in [0, 0.05) is 83.2 Å². The first kappa shape index (κ1) is 53.6. The summed E-state index contributed by atoms with van der Waals surface area (Å²) in [7, 11) is 0. The monoisotopic (exact) mass is 1220 g/mol. The predicted molar refractivity (Wildman–Crippen MR) is 327 cm³/mol. The molecule has 6 nitrogen and oxygen atoms in total. The molecule has 0 spiro atoms. The van der Waals surface area contributed by atoms with E-state index in [0.717, 1.165) is 66.6 Å². The number of hydrogen-bond donors (Lipinski definition) is 0. The number of aromatic nitrogens is 2. The van der Waals surface area contributed by atoms with Crippen LogP contribution >= 0.6 is 0 Å². The molecule has 0 fully saturated rings. The van der Waals surface area contributed by atoms with E-state index in [9.17, 15) is 0 Å². The molecule has 79 heavy (non-hydrogen) atoms. The molecule has 12 rings (SSSR count). The number of pyridine rings is 1. The molecule has 0 atom stereocenters. The second-order valence-corrected chi connectivity index (χ2v) is 23.8. The van der Waals surface area contributed by atoms with Gasteiger partial charge in [-0.25, -0.2) is 4.98 Å². The average molecular weight is 1220 g/mol. The second-order valence-electron chi connectivity index (χ2n) is 23.8. The fourth-order valence-electron chi connectivity index (χ4n) is 12.1.